The van der Waals surface area contributed by atoms with Gasteiger partial charge in [-0.15, -0.1) is 0 Å². The number of halogens is 3. The van der Waals surface area contributed by atoms with Gasteiger partial charge < -0.3 is 4.42 Å². The molecular formula is C23H12BrClFNO3. The van der Waals surface area contributed by atoms with Gasteiger partial charge in [0, 0.05) is 15.2 Å². The first-order valence-corrected chi connectivity index (χ1v) is 10.2. The van der Waals surface area contributed by atoms with Crippen molar-refractivity contribution in [1.29, 1.82) is 0 Å². The molecular weight excluding hydrogens is 473 g/mol. The molecule has 1 atom stereocenters. The Morgan fingerprint density at radius 3 is 2.50 bits per heavy atom. The topological polar surface area (TPSA) is 50.5 Å². The fourth-order valence-electron chi connectivity index (χ4n) is 3.81. The van der Waals surface area contributed by atoms with Crippen LogP contribution in [0.2, 0.25) is 5.02 Å². The van der Waals surface area contributed by atoms with Gasteiger partial charge in [-0.3, -0.25) is 14.5 Å². The summed E-state index contributed by atoms with van der Waals surface area (Å²) < 4.78 is 20.2. The highest BCUT2D eigenvalue weighted by Gasteiger charge is 2.43. The first kappa shape index (κ1) is 19.0. The van der Waals surface area contributed by atoms with Crippen molar-refractivity contribution in [2.24, 2.45) is 0 Å². The van der Waals surface area contributed by atoms with E-state index in [1.165, 1.54) is 35.2 Å². The Labute approximate surface area is 183 Å². The van der Waals surface area contributed by atoms with Crippen LogP contribution in [0.3, 0.4) is 0 Å². The molecule has 0 N–H and O–H groups in total. The van der Waals surface area contributed by atoms with E-state index in [0.29, 0.717) is 16.1 Å². The number of rotatable bonds is 2. The average Bonchev–Trinajstić information content (AvgIpc) is 3.02. The number of hydrogen-bond acceptors (Lipinski definition) is 3. The number of carbonyl (C=O) groups excluding carboxylic acids is 1. The maximum Gasteiger partial charge on any atom is 0.295 e. The van der Waals surface area contributed by atoms with E-state index in [9.17, 15) is 14.0 Å². The van der Waals surface area contributed by atoms with Crippen LogP contribution < -0.4 is 10.3 Å². The summed E-state index contributed by atoms with van der Waals surface area (Å²) in [6, 6.07) is 16.9. The number of carbonyl (C=O) groups is 1. The Morgan fingerprint density at radius 1 is 1.00 bits per heavy atom. The molecule has 1 aliphatic rings. The lowest BCUT2D eigenvalue weighted by Crippen LogP contribution is -2.29. The van der Waals surface area contributed by atoms with Crippen LogP contribution in [-0.2, 0) is 0 Å². The van der Waals surface area contributed by atoms with Crippen LogP contribution in [0.1, 0.15) is 27.7 Å². The van der Waals surface area contributed by atoms with Crippen molar-refractivity contribution >= 4 is 50.1 Å². The van der Waals surface area contributed by atoms with Gasteiger partial charge in [-0.25, -0.2) is 4.39 Å². The van der Waals surface area contributed by atoms with Crippen LogP contribution in [0.15, 0.2) is 80.4 Å². The average molecular weight is 485 g/mol. The van der Waals surface area contributed by atoms with Crippen molar-refractivity contribution in [2.75, 3.05) is 4.90 Å². The van der Waals surface area contributed by atoms with Crippen molar-refractivity contribution in [3.05, 3.63) is 109 Å². The minimum absolute atomic E-state index is 0.0240. The predicted octanol–water partition coefficient (Wildman–Crippen LogP) is 6.10. The molecule has 0 bridgehead atoms. The van der Waals surface area contributed by atoms with E-state index < -0.39 is 17.8 Å². The monoisotopic (exact) mass is 483 g/mol. The molecule has 0 spiro atoms. The molecule has 4 nitrogen and oxygen atoms in total. The Hall–Kier alpha value is -2.96. The van der Waals surface area contributed by atoms with Crippen molar-refractivity contribution in [1.82, 2.24) is 0 Å². The van der Waals surface area contributed by atoms with E-state index >= 15 is 0 Å². The van der Waals surface area contributed by atoms with Gasteiger partial charge in [0.2, 0.25) is 5.76 Å². The predicted molar refractivity (Wildman–Crippen MR) is 117 cm³/mol. The molecule has 2 heterocycles. The fourth-order valence-corrected chi connectivity index (χ4v) is 4.39. The van der Waals surface area contributed by atoms with Gasteiger partial charge in [0.1, 0.15) is 11.4 Å². The van der Waals surface area contributed by atoms with Gasteiger partial charge in [-0.05, 0) is 60.2 Å². The molecule has 1 aromatic heterocycles. The van der Waals surface area contributed by atoms with Gasteiger partial charge in [-0.1, -0.05) is 39.7 Å². The SMILES string of the molecule is O=C1c2oc3ccc(Cl)cc3c(=O)c2[C@H](c2cccc(Br)c2)N1c1ccc(F)cc1. The molecule has 7 heteroatoms. The van der Waals surface area contributed by atoms with E-state index in [4.69, 9.17) is 16.0 Å². The highest BCUT2D eigenvalue weighted by Crippen LogP contribution is 2.41. The Morgan fingerprint density at radius 2 is 1.77 bits per heavy atom. The molecule has 148 valence electrons. The summed E-state index contributed by atoms with van der Waals surface area (Å²) in [6.07, 6.45) is 0. The third-order valence-corrected chi connectivity index (χ3v) is 5.83. The number of hydrogen-bond donors (Lipinski definition) is 0. The Balaban J connectivity index is 1.83. The third kappa shape index (κ3) is 2.95. The number of amides is 1. The maximum atomic E-state index is 13.5. The van der Waals surface area contributed by atoms with E-state index in [0.717, 1.165) is 10.0 Å². The molecule has 0 radical (unpaired) electrons. The molecule has 5 rings (SSSR count). The van der Waals surface area contributed by atoms with Gasteiger partial charge in [0.15, 0.2) is 5.43 Å². The number of fused-ring (bicyclic) bond motifs is 2. The van der Waals surface area contributed by atoms with Gasteiger partial charge in [-0.2, -0.15) is 0 Å². The van der Waals surface area contributed by atoms with Crippen molar-refractivity contribution < 1.29 is 13.6 Å². The molecule has 0 fully saturated rings. The fraction of sp³-hybridized carbons (Fsp3) is 0.0435. The number of nitrogens with zero attached hydrogens (tertiary/aromatic N) is 1. The lowest BCUT2D eigenvalue weighted by molar-refractivity contribution is 0.0971. The first-order chi connectivity index (χ1) is 14.4. The molecule has 0 unspecified atom stereocenters. The third-order valence-electron chi connectivity index (χ3n) is 5.10. The minimum Gasteiger partial charge on any atom is -0.450 e. The smallest absolute Gasteiger partial charge is 0.295 e. The summed E-state index contributed by atoms with van der Waals surface area (Å²) >= 11 is 9.53. The normalized spacial score (nSPS) is 15.6. The van der Waals surface area contributed by atoms with Crippen LogP contribution >= 0.6 is 27.5 Å². The Kier molecular flexibility index (Phi) is 4.49. The largest absolute Gasteiger partial charge is 0.450 e. The highest BCUT2D eigenvalue weighted by atomic mass is 79.9. The molecule has 1 amide bonds. The molecule has 4 aromatic rings. The van der Waals surface area contributed by atoms with Gasteiger partial charge in [0.05, 0.1) is 17.0 Å². The Bertz CT molecular complexity index is 1380. The lowest BCUT2D eigenvalue weighted by atomic mass is 9.98. The van der Waals surface area contributed by atoms with Crippen LogP contribution in [0, 0.1) is 5.82 Å². The van der Waals surface area contributed by atoms with Crippen molar-refractivity contribution in [2.45, 2.75) is 6.04 Å². The minimum atomic E-state index is -0.727. The number of anilines is 1. The summed E-state index contributed by atoms with van der Waals surface area (Å²) in [5.41, 5.74) is 1.37. The highest BCUT2D eigenvalue weighted by molar-refractivity contribution is 9.10. The standard InChI is InChI=1S/C23H12BrClFNO3/c24-13-3-1-2-12(10-13)20-19-21(28)17-11-14(25)4-9-18(17)30-22(19)23(29)27(20)16-7-5-15(26)6-8-16/h1-11,20H/t20-/m0/s1. The van der Waals surface area contributed by atoms with Crippen LogP contribution in [0.5, 0.6) is 0 Å². The second-order valence-electron chi connectivity index (χ2n) is 6.92. The molecule has 0 saturated heterocycles. The lowest BCUT2D eigenvalue weighted by Gasteiger charge is -2.25. The zero-order chi connectivity index (χ0) is 21.0. The summed E-state index contributed by atoms with van der Waals surface area (Å²) in [7, 11) is 0. The molecule has 0 aliphatic carbocycles. The second-order valence-corrected chi connectivity index (χ2v) is 8.28. The summed E-state index contributed by atoms with van der Waals surface area (Å²) in [4.78, 5) is 28.3. The summed E-state index contributed by atoms with van der Waals surface area (Å²) in [6.45, 7) is 0. The van der Waals surface area contributed by atoms with Crippen LogP contribution in [-0.4, -0.2) is 5.91 Å². The van der Waals surface area contributed by atoms with Crippen molar-refractivity contribution in [3.63, 3.8) is 0 Å². The molecule has 3 aromatic carbocycles. The van der Waals surface area contributed by atoms with E-state index in [2.05, 4.69) is 15.9 Å². The summed E-state index contributed by atoms with van der Waals surface area (Å²) in [5, 5.41) is 0.698. The maximum absolute atomic E-state index is 13.5. The second kappa shape index (κ2) is 7.07. The number of benzene rings is 3. The van der Waals surface area contributed by atoms with Gasteiger partial charge in [0.25, 0.3) is 5.91 Å². The molecule has 0 saturated carbocycles. The summed E-state index contributed by atoms with van der Waals surface area (Å²) in [5.74, 6) is -0.906. The quantitative estimate of drug-likeness (QED) is 0.345. The zero-order valence-corrected chi connectivity index (χ0v) is 17.6. The zero-order valence-electron chi connectivity index (χ0n) is 15.2. The van der Waals surface area contributed by atoms with Gasteiger partial charge >= 0.3 is 0 Å². The van der Waals surface area contributed by atoms with E-state index in [1.807, 2.05) is 24.3 Å². The van der Waals surface area contributed by atoms with E-state index in [1.54, 1.807) is 12.1 Å². The van der Waals surface area contributed by atoms with Crippen molar-refractivity contribution in [3.8, 4) is 0 Å². The molecule has 30 heavy (non-hydrogen) atoms. The van der Waals surface area contributed by atoms with Crippen LogP contribution in [0.25, 0.3) is 11.0 Å². The van der Waals surface area contributed by atoms with Crippen LogP contribution in [0.4, 0.5) is 10.1 Å². The first-order valence-electron chi connectivity index (χ1n) is 9.05. The van der Waals surface area contributed by atoms with E-state index in [-0.39, 0.29) is 22.3 Å². The molecule has 1 aliphatic heterocycles.